The van der Waals surface area contributed by atoms with E-state index in [9.17, 15) is 4.79 Å². The van der Waals surface area contributed by atoms with Crippen molar-refractivity contribution in [1.29, 1.82) is 0 Å². The highest BCUT2D eigenvalue weighted by Gasteiger charge is 2.07. The van der Waals surface area contributed by atoms with E-state index >= 15 is 0 Å². The van der Waals surface area contributed by atoms with Crippen LogP contribution in [0.3, 0.4) is 0 Å². The van der Waals surface area contributed by atoms with Crippen molar-refractivity contribution < 1.29 is 14.6 Å². The molecule has 0 radical (unpaired) electrons. The quantitative estimate of drug-likeness (QED) is 0.798. The lowest BCUT2D eigenvalue weighted by Crippen LogP contribution is -2.07. The molecule has 1 heterocycles. The summed E-state index contributed by atoms with van der Waals surface area (Å²) >= 11 is 0. The molecule has 0 aliphatic heterocycles. The smallest absolute Gasteiger partial charge is 0.323 e. The summed E-state index contributed by atoms with van der Waals surface area (Å²) in [6.07, 6.45) is 1.52. The maximum Gasteiger partial charge on any atom is 0.323 e. The molecule has 0 atom stereocenters. The van der Waals surface area contributed by atoms with E-state index < -0.39 is 5.97 Å². The maximum atomic E-state index is 10.8. The van der Waals surface area contributed by atoms with Gasteiger partial charge in [0.25, 0.3) is 0 Å². The third kappa shape index (κ3) is 2.86. The van der Waals surface area contributed by atoms with Gasteiger partial charge >= 0.3 is 5.97 Å². The molecule has 0 saturated carbocycles. The lowest BCUT2D eigenvalue weighted by atomic mass is 10.2. The second kappa shape index (κ2) is 5.28. The van der Waals surface area contributed by atoms with Gasteiger partial charge in [0.05, 0.1) is 17.4 Å². The summed E-state index contributed by atoms with van der Waals surface area (Å²) in [5.74, 6) is 0.533. The van der Waals surface area contributed by atoms with Gasteiger partial charge < -0.3 is 14.4 Å². The SMILES string of the molecule is Cc1ccc(Oc2ccc3c(c2)ncn3CC(=O)O)cc1. The van der Waals surface area contributed by atoms with Gasteiger partial charge in [-0.25, -0.2) is 4.98 Å². The summed E-state index contributed by atoms with van der Waals surface area (Å²) < 4.78 is 7.36. The van der Waals surface area contributed by atoms with Crippen LogP contribution in [0.5, 0.6) is 11.5 Å². The molecule has 5 nitrogen and oxygen atoms in total. The van der Waals surface area contributed by atoms with Gasteiger partial charge in [-0.1, -0.05) is 17.7 Å². The molecule has 0 aliphatic rings. The zero-order valence-corrected chi connectivity index (χ0v) is 11.5. The minimum atomic E-state index is -0.894. The average Bonchev–Trinajstić information content (AvgIpc) is 2.83. The second-order valence-electron chi connectivity index (χ2n) is 4.83. The molecular weight excluding hydrogens is 268 g/mol. The molecule has 0 bridgehead atoms. The summed E-state index contributed by atoms with van der Waals surface area (Å²) in [7, 11) is 0. The summed E-state index contributed by atoms with van der Waals surface area (Å²) in [6.45, 7) is 1.92. The standard InChI is InChI=1S/C16H14N2O3/c1-11-2-4-12(5-3-11)21-13-6-7-15-14(8-13)17-10-18(15)9-16(19)20/h2-8,10H,9H2,1H3,(H,19,20). The number of carboxylic acid groups (broad SMARTS) is 1. The number of aliphatic carboxylic acids is 1. The zero-order valence-electron chi connectivity index (χ0n) is 11.5. The summed E-state index contributed by atoms with van der Waals surface area (Å²) in [5.41, 5.74) is 2.65. The van der Waals surface area contributed by atoms with Crippen LogP contribution in [0.2, 0.25) is 0 Å². The molecule has 0 aliphatic carbocycles. The fraction of sp³-hybridized carbons (Fsp3) is 0.125. The average molecular weight is 282 g/mol. The van der Waals surface area contributed by atoms with Crippen LogP contribution in [-0.4, -0.2) is 20.6 Å². The molecule has 106 valence electrons. The summed E-state index contributed by atoms with van der Waals surface area (Å²) in [4.78, 5) is 15.0. The number of hydrogen-bond donors (Lipinski definition) is 1. The van der Waals surface area contributed by atoms with Gasteiger partial charge in [-0.3, -0.25) is 4.79 Å². The predicted octanol–water partition coefficient (Wildman–Crippen LogP) is 3.22. The fourth-order valence-corrected chi connectivity index (χ4v) is 2.12. The second-order valence-corrected chi connectivity index (χ2v) is 4.83. The minimum absolute atomic E-state index is 0.103. The molecule has 1 N–H and O–H groups in total. The number of rotatable bonds is 4. The first-order valence-electron chi connectivity index (χ1n) is 6.53. The van der Waals surface area contributed by atoms with Crippen molar-refractivity contribution in [2.24, 2.45) is 0 Å². The highest BCUT2D eigenvalue weighted by Crippen LogP contribution is 2.25. The Bertz CT molecular complexity index is 791. The molecule has 0 saturated heterocycles. The first-order chi connectivity index (χ1) is 10.1. The lowest BCUT2D eigenvalue weighted by Gasteiger charge is -2.06. The topological polar surface area (TPSA) is 64.4 Å². The number of ether oxygens (including phenoxy) is 1. The molecule has 5 heteroatoms. The first kappa shape index (κ1) is 13.2. The van der Waals surface area contributed by atoms with E-state index in [-0.39, 0.29) is 6.54 Å². The Morgan fingerprint density at radius 1 is 1.19 bits per heavy atom. The lowest BCUT2D eigenvalue weighted by molar-refractivity contribution is -0.137. The minimum Gasteiger partial charge on any atom is -0.480 e. The van der Waals surface area contributed by atoms with Crippen molar-refractivity contribution in [2.45, 2.75) is 13.5 Å². The number of carbonyl (C=O) groups is 1. The molecule has 3 rings (SSSR count). The number of fused-ring (bicyclic) bond motifs is 1. The first-order valence-corrected chi connectivity index (χ1v) is 6.53. The number of aryl methyl sites for hydroxylation is 1. The predicted molar refractivity (Wildman–Crippen MR) is 78.6 cm³/mol. The third-order valence-electron chi connectivity index (χ3n) is 3.15. The van der Waals surface area contributed by atoms with Crippen molar-refractivity contribution in [3.8, 4) is 11.5 Å². The summed E-state index contributed by atoms with van der Waals surface area (Å²) in [6, 6.07) is 13.2. The molecule has 2 aromatic carbocycles. The van der Waals surface area contributed by atoms with Crippen LogP contribution in [-0.2, 0) is 11.3 Å². The van der Waals surface area contributed by atoms with Crippen LogP contribution in [0.1, 0.15) is 5.56 Å². The van der Waals surface area contributed by atoms with Crippen LogP contribution >= 0.6 is 0 Å². The van der Waals surface area contributed by atoms with Gasteiger partial charge in [0.15, 0.2) is 0 Å². The zero-order chi connectivity index (χ0) is 14.8. The van der Waals surface area contributed by atoms with E-state index in [1.54, 1.807) is 10.6 Å². The molecular formula is C16H14N2O3. The maximum absolute atomic E-state index is 10.8. The van der Waals surface area contributed by atoms with Crippen molar-refractivity contribution in [1.82, 2.24) is 9.55 Å². The highest BCUT2D eigenvalue weighted by molar-refractivity contribution is 5.79. The molecule has 0 fully saturated rings. The number of hydrogen-bond acceptors (Lipinski definition) is 3. The van der Waals surface area contributed by atoms with E-state index in [4.69, 9.17) is 9.84 Å². The van der Waals surface area contributed by atoms with E-state index in [0.717, 1.165) is 11.3 Å². The Morgan fingerprint density at radius 3 is 2.62 bits per heavy atom. The van der Waals surface area contributed by atoms with E-state index in [0.29, 0.717) is 11.3 Å². The van der Waals surface area contributed by atoms with Crippen molar-refractivity contribution in [2.75, 3.05) is 0 Å². The van der Waals surface area contributed by atoms with Gasteiger partial charge in [0.2, 0.25) is 0 Å². The van der Waals surface area contributed by atoms with E-state index in [1.165, 1.54) is 11.9 Å². The van der Waals surface area contributed by atoms with Gasteiger partial charge in [-0.2, -0.15) is 0 Å². The molecule has 3 aromatic rings. The van der Waals surface area contributed by atoms with Crippen molar-refractivity contribution in [3.63, 3.8) is 0 Å². The van der Waals surface area contributed by atoms with Crippen LogP contribution in [0.15, 0.2) is 48.8 Å². The van der Waals surface area contributed by atoms with E-state index in [2.05, 4.69) is 4.98 Å². The number of carboxylic acids is 1. The number of aromatic nitrogens is 2. The van der Waals surface area contributed by atoms with E-state index in [1.807, 2.05) is 43.3 Å². The Balaban J connectivity index is 1.87. The Kier molecular flexibility index (Phi) is 3.31. The Labute approximate surface area is 121 Å². The molecule has 0 amide bonds. The van der Waals surface area contributed by atoms with Gasteiger partial charge in [-0.15, -0.1) is 0 Å². The van der Waals surface area contributed by atoms with Crippen LogP contribution in [0, 0.1) is 6.92 Å². The fourth-order valence-electron chi connectivity index (χ4n) is 2.12. The Hall–Kier alpha value is -2.82. The normalized spacial score (nSPS) is 10.7. The number of imidazole rings is 1. The van der Waals surface area contributed by atoms with Gasteiger partial charge in [0, 0.05) is 6.07 Å². The highest BCUT2D eigenvalue weighted by atomic mass is 16.5. The molecule has 0 spiro atoms. The molecule has 21 heavy (non-hydrogen) atoms. The van der Waals surface area contributed by atoms with Crippen molar-refractivity contribution in [3.05, 3.63) is 54.4 Å². The van der Waals surface area contributed by atoms with Crippen molar-refractivity contribution >= 4 is 17.0 Å². The van der Waals surface area contributed by atoms with Crippen LogP contribution in [0.4, 0.5) is 0 Å². The number of nitrogens with zero attached hydrogens (tertiary/aromatic N) is 2. The molecule has 1 aromatic heterocycles. The monoisotopic (exact) mass is 282 g/mol. The largest absolute Gasteiger partial charge is 0.480 e. The van der Waals surface area contributed by atoms with Crippen LogP contribution in [0.25, 0.3) is 11.0 Å². The number of benzene rings is 2. The third-order valence-corrected chi connectivity index (χ3v) is 3.15. The summed E-state index contributed by atoms with van der Waals surface area (Å²) in [5, 5.41) is 8.84. The molecule has 0 unspecified atom stereocenters. The van der Waals surface area contributed by atoms with Gasteiger partial charge in [0.1, 0.15) is 18.0 Å². The Morgan fingerprint density at radius 2 is 1.90 bits per heavy atom. The van der Waals surface area contributed by atoms with Crippen LogP contribution < -0.4 is 4.74 Å². The van der Waals surface area contributed by atoms with Gasteiger partial charge in [-0.05, 0) is 31.2 Å².